The molecule has 6 rings (SSSR count). The first-order valence-corrected chi connectivity index (χ1v) is 14.8. The Labute approximate surface area is 214 Å². The van der Waals surface area contributed by atoms with Gasteiger partial charge in [0.1, 0.15) is 5.56 Å². The van der Waals surface area contributed by atoms with Gasteiger partial charge in [0.05, 0.1) is 32.7 Å². The van der Waals surface area contributed by atoms with Crippen LogP contribution in [0.15, 0.2) is 12.3 Å². The predicted molar refractivity (Wildman–Crippen MR) is 132 cm³/mol. The largest absolute Gasteiger partial charge is 0.420 e. The molecule has 5 heterocycles. The third-order valence-electron chi connectivity index (χ3n) is 8.28. The molecule has 12 heteroatoms. The molecule has 1 amide bonds. The van der Waals surface area contributed by atoms with E-state index >= 15 is 0 Å². The first-order chi connectivity index (χ1) is 17.2. The van der Waals surface area contributed by atoms with Gasteiger partial charge in [0.2, 0.25) is 5.95 Å². The number of rotatable bonds is 5. The van der Waals surface area contributed by atoms with Gasteiger partial charge in [-0.3, -0.25) is 4.79 Å². The summed E-state index contributed by atoms with van der Waals surface area (Å²) in [4.78, 5) is 24.9. The summed E-state index contributed by atoms with van der Waals surface area (Å²) in [6, 6.07) is 1.61. The number of carbonyl (C=O) groups is 1. The van der Waals surface area contributed by atoms with E-state index in [-0.39, 0.29) is 29.1 Å². The molecular weight excluding hydrogens is 511 g/mol. The Morgan fingerprint density at radius 2 is 1.92 bits per heavy atom. The minimum absolute atomic E-state index is 0.0155. The number of anilines is 1. The number of nitrogens with one attached hydrogen (secondary N) is 1. The summed E-state index contributed by atoms with van der Waals surface area (Å²) in [5, 5.41) is 3.18. The van der Waals surface area contributed by atoms with Gasteiger partial charge in [-0.15, -0.1) is 11.3 Å². The van der Waals surface area contributed by atoms with E-state index in [4.69, 9.17) is 0 Å². The number of halogens is 3. The van der Waals surface area contributed by atoms with E-state index in [0.29, 0.717) is 48.8 Å². The average Bonchev–Trinajstić information content (AvgIpc) is 3.47. The molecule has 4 aliphatic rings. The van der Waals surface area contributed by atoms with Gasteiger partial charge in [-0.05, 0) is 50.5 Å². The fourth-order valence-electron chi connectivity index (χ4n) is 6.28. The van der Waals surface area contributed by atoms with Crippen LogP contribution < -0.4 is 5.32 Å². The minimum atomic E-state index is -4.62. The summed E-state index contributed by atoms with van der Waals surface area (Å²) in [7, 11) is -1.04. The highest BCUT2D eigenvalue weighted by Crippen LogP contribution is 2.59. The molecule has 2 saturated heterocycles. The van der Waals surface area contributed by atoms with Crippen LogP contribution in [0, 0.1) is 5.92 Å². The van der Waals surface area contributed by atoms with Crippen LogP contribution >= 0.6 is 11.3 Å². The Hall–Kier alpha value is -2.05. The fraction of sp³-hybridized carbons (Fsp3) is 0.625. The standard InChI is InChI=1S/C24H28F3N5O2S2/c1-36(34)31-10-6-15(7-11-31)29-22-28-13-17(24(25,26)27)19(30-22)18-12-16-20(35-18)23(14-4-2-5-14)8-3-9-32(23)21(16)33/h12-15H,2-11H2,1H3,(H,28,29,30). The molecule has 0 radical (unpaired) electrons. The Morgan fingerprint density at radius 1 is 1.17 bits per heavy atom. The van der Waals surface area contributed by atoms with Gasteiger partial charge in [-0.2, -0.15) is 13.2 Å². The molecule has 36 heavy (non-hydrogen) atoms. The topological polar surface area (TPSA) is 78.4 Å². The lowest BCUT2D eigenvalue weighted by Crippen LogP contribution is -2.46. The number of fused-ring (bicyclic) bond motifs is 3. The summed E-state index contributed by atoms with van der Waals surface area (Å²) in [6.07, 6.45) is 4.30. The number of thiophene rings is 1. The van der Waals surface area contributed by atoms with Crippen LogP contribution in [-0.2, 0) is 22.7 Å². The maximum atomic E-state index is 14.0. The molecule has 1 N–H and O–H groups in total. The Kier molecular flexibility index (Phi) is 5.91. The molecule has 2 atom stereocenters. The van der Waals surface area contributed by atoms with Crippen LogP contribution in [0.3, 0.4) is 0 Å². The van der Waals surface area contributed by atoms with Crippen molar-refractivity contribution in [3.8, 4) is 10.6 Å². The van der Waals surface area contributed by atoms with Gasteiger partial charge in [-0.1, -0.05) is 6.42 Å². The molecule has 0 bridgehead atoms. The number of alkyl halides is 3. The highest BCUT2D eigenvalue weighted by Gasteiger charge is 2.58. The summed E-state index contributed by atoms with van der Waals surface area (Å²) in [5.74, 6) is 0.466. The van der Waals surface area contributed by atoms with Gasteiger partial charge in [0.15, 0.2) is 0 Å². The molecule has 2 aromatic heterocycles. The molecule has 194 valence electrons. The van der Waals surface area contributed by atoms with E-state index in [1.807, 2.05) is 9.21 Å². The van der Waals surface area contributed by atoms with Crippen LogP contribution in [-0.4, -0.2) is 61.2 Å². The highest BCUT2D eigenvalue weighted by atomic mass is 32.2. The number of hydrogen-bond donors (Lipinski definition) is 1. The van der Waals surface area contributed by atoms with E-state index in [0.717, 1.165) is 43.2 Å². The lowest BCUT2D eigenvalue weighted by atomic mass is 9.69. The smallest absolute Gasteiger partial charge is 0.351 e. The van der Waals surface area contributed by atoms with Gasteiger partial charge in [0.25, 0.3) is 5.91 Å². The van der Waals surface area contributed by atoms with E-state index in [1.165, 1.54) is 11.3 Å². The van der Waals surface area contributed by atoms with Crippen LogP contribution in [0.5, 0.6) is 0 Å². The monoisotopic (exact) mass is 539 g/mol. The lowest BCUT2D eigenvalue weighted by molar-refractivity contribution is -0.137. The van der Waals surface area contributed by atoms with Gasteiger partial charge in [-0.25, -0.2) is 18.5 Å². The van der Waals surface area contributed by atoms with Crippen molar-refractivity contribution >= 4 is 34.2 Å². The van der Waals surface area contributed by atoms with Gasteiger partial charge < -0.3 is 10.2 Å². The van der Waals surface area contributed by atoms with Crippen molar-refractivity contribution < 1.29 is 22.2 Å². The maximum absolute atomic E-state index is 14.0. The van der Waals surface area contributed by atoms with Crippen LogP contribution in [0.25, 0.3) is 10.6 Å². The molecule has 1 saturated carbocycles. The van der Waals surface area contributed by atoms with E-state index in [9.17, 15) is 22.2 Å². The van der Waals surface area contributed by atoms with Gasteiger partial charge in [0, 0.05) is 43.0 Å². The van der Waals surface area contributed by atoms with Crippen molar-refractivity contribution in [2.24, 2.45) is 5.92 Å². The van der Waals surface area contributed by atoms with E-state index < -0.39 is 22.7 Å². The molecule has 0 aromatic carbocycles. The van der Waals surface area contributed by atoms with Crippen LogP contribution in [0.2, 0.25) is 0 Å². The Morgan fingerprint density at radius 3 is 2.56 bits per heavy atom. The molecule has 0 spiro atoms. The summed E-state index contributed by atoms with van der Waals surface area (Å²) >= 11 is 1.30. The summed E-state index contributed by atoms with van der Waals surface area (Å²) in [6.45, 7) is 1.98. The molecule has 2 unspecified atom stereocenters. The highest BCUT2D eigenvalue weighted by molar-refractivity contribution is 7.81. The molecule has 7 nitrogen and oxygen atoms in total. The third-order valence-corrected chi connectivity index (χ3v) is 10.7. The molecule has 1 aliphatic carbocycles. The number of aromatic nitrogens is 2. The normalized spacial score (nSPS) is 26.1. The number of piperidine rings is 1. The summed E-state index contributed by atoms with van der Waals surface area (Å²) < 4.78 is 55.6. The maximum Gasteiger partial charge on any atom is 0.420 e. The first-order valence-electron chi connectivity index (χ1n) is 12.4. The quantitative estimate of drug-likeness (QED) is 0.599. The number of carbonyl (C=O) groups excluding carboxylic acids is 1. The minimum Gasteiger partial charge on any atom is -0.351 e. The van der Waals surface area contributed by atoms with E-state index in [1.54, 1.807) is 12.3 Å². The predicted octanol–water partition coefficient (Wildman–Crippen LogP) is 4.64. The average molecular weight is 540 g/mol. The number of nitrogens with zero attached hydrogens (tertiary/aromatic N) is 4. The van der Waals surface area contributed by atoms with Crippen LogP contribution in [0.4, 0.5) is 19.1 Å². The Bertz CT molecular complexity index is 1220. The molecule has 2 aromatic rings. The molecule has 3 fully saturated rings. The second-order valence-electron chi connectivity index (χ2n) is 10.2. The van der Waals surface area contributed by atoms with Crippen molar-refractivity contribution in [1.82, 2.24) is 19.2 Å². The summed E-state index contributed by atoms with van der Waals surface area (Å²) in [5.41, 5.74) is -0.874. The molecule has 3 aliphatic heterocycles. The van der Waals surface area contributed by atoms with Crippen molar-refractivity contribution in [3.05, 3.63) is 28.3 Å². The van der Waals surface area contributed by atoms with Crippen LogP contribution in [0.1, 0.15) is 65.7 Å². The van der Waals surface area contributed by atoms with Gasteiger partial charge >= 0.3 is 6.18 Å². The zero-order valence-electron chi connectivity index (χ0n) is 19.9. The van der Waals surface area contributed by atoms with Crippen molar-refractivity contribution in [1.29, 1.82) is 0 Å². The third kappa shape index (κ3) is 3.78. The zero-order valence-corrected chi connectivity index (χ0v) is 21.6. The van der Waals surface area contributed by atoms with Crippen molar-refractivity contribution in [2.45, 2.75) is 62.7 Å². The zero-order chi connectivity index (χ0) is 25.2. The second kappa shape index (κ2) is 8.76. The second-order valence-corrected chi connectivity index (χ2v) is 12.6. The number of amides is 1. The lowest BCUT2D eigenvalue weighted by Gasteiger charge is -2.44. The number of hydrogen-bond acceptors (Lipinski definition) is 6. The van der Waals surface area contributed by atoms with E-state index in [2.05, 4.69) is 15.3 Å². The first kappa shape index (κ1) is 24.3. The van der Waals surface area contributed by atoms with Crippen molar-refractivity contribution in [2.75, 3.05) is 31.2 Å². The Balaban J connectivity index is 1.35. The molecular formula is C24H28F3N5O2S2. The SMILES string of the molecule is CS(=O)N1CCC(Nc2ncc(C(F)(F)F)c(-c3cc4c(s3)C3(C5CCC5)CCCN3C4=O)n2)CC1. The van der Waals surface area contributed by atoms with Crippen molar-refractivity contribution in [3.63, 3.8) is 0 Å². The fourth-order valence-corrected chi connectivity index (χ4v) is 8.46.